The second-order valence-electron chi connectivity index (χ2n) is 6.91. The number of hydrogen-bond acceptors (Lipinski definition) is 2. The van der Waals surface area contributed by atoms with Crippen molar-refractivity contribution in [1.29, 1.82) is 0 Å². The minimum absolute atomic E-state index is 0.468. The van der Waals surface area contributed by atoms with Crippen LogP contribution in [0.3, 0.4) is 0 Å². The molecule has 0 amide bonds. The molecule has 18 heavy (non-hydrogen) atoms. The average molecular weight is 254 g/mol. The minimum atomic E-state index is 0.468. The average Bonchev–Trinajstić information content (AvgIpc) is 2.56. The van der Waals surface area contributed by atoms with Crippen LogP contribution in [0.15, 0.2) is 0 Å². The highest BCUT2D eigenvalue weighted by Crippen LogP contribution is 2.41. The number of nitrogens with zero attached hydrogens (tertiary/aromatic N) is 1. The van der Waals surface area contributed by atoms with Crippen molar-refractivity contribution < 1.29 is 0 Å². The molecule has 108 valence electrons. The molecule has 0 saturated heterocycles. The van der Waals surface area contributed by atoms with Crippen molar-refractivity contribution in [2.75, 3.05) is 19.6 Å². The van der Waals surface area contributed by atoms with E-state index in [0.717, 1.165) is 12.5 Å². The summed E-state index contributed by atoms with van der Waals surface area (Å²) in [5.74, 6) is 0.828. The van der Waals surface area contributed by atoms with Crippen molar-refractivity contribution in [2.24, 2.45) is 11.3 Å². The molecular formula is C16H34N2. The molecule has 2 heteroatoms. The summed E-state index contributed by atoms with van der Waals surface area (Å²) in [6, 6.07) is 1.37. The van der Waals surface area contributed by atoms with Crippen LogP contribution in [0.4, 0.5) is 0 Å². The Morgan fingerprint density at radius 2 is 1.94 bits per heavy atom. The van der Waals surface area contributed by atoms with Crippen LogP contribution in [0.5, 0.6) is 0 Å². The fourth-order valence-corrected chi connectivity index (χ4v) is 3.53. The molecule has 0 aromatic carbocycles. The molecule has 0 spiro atoms. The third kappa shape index (κ3) is 3.96. The molecule has 0 aliphatic heterocycles. The van der Waals surface area contributed by atoms with E-state index in [0.29, 0.717) is 17.5 Å². The Bertz CT molecular complexity index is 235. The molecule has 1 aliphatic carbocycles. The molecule has 1 saturated carbocycles. The zero-order valence-electron chi connectivity index (χ0n) is 13.4. The minimum Gasteiger partial charge on any atom is -0.313 e. The summed E-state index contributed by atoms with van der Waals surface area (Å²) in [6.45, 7) is 17.7. The van der Waals surface area contributed by atoms with Crippen LogP contribution in [-0.2, 0) is 0 Å². The van der Waals surface area contributed by atoms with E-state index >= 15 is 0 Å². The molecule has 1 rings (SSSR count). The quantitative estimate of drug-likeness (QED) is 0.748. The second-order valence-corrected chi connectivity index (χ2v) is 6.91. The van der Waals surface area contributed by atoms with Gasteiger partial charge in [-0.15, -0.1) is 0 Å². The van der Waals surface area contributed by atoms with Gasteiger partial charge in [-0.25, -0.2) is 0 Å². The maximum absolute atomic E-state index is 3.74. The van der Waals surface area contributed by atoms with Gasteiger partial charge in [0.15, 0.2) is 0 Å². The van der Waals surface area contributed by atoms with Crippen LogP contribution in [-0.4, -0.2) is 36.6 Å². The monoisotopic (exact) mass is 254 g/mol. The molecule has 1 aliphatic rings. The van der Waals surface area contributed by atoms with Crippen molar-refractivity contribution in [2.45, 2.75) is 72.9 Å². The van der Waals surface area contributed by atoms with Crippen LogP contribution in [0.25, 0.3) is 0 Å². The van der Waals surface area contributed by atoms with Crippen LogP contribution in [0.1, 0.15) is 60.8 Å². The van der Waals surface area contributed by atoms with Crippen LogP contribution >= 0.6 is 0 Å². The Morgan fingerprint density at radius 1 is 1.28 bits per heavy atom. The number of nitrogens with one attached hydrogen (secondary N) is 1. The first-order valence-corrected chi connectivity index (χ1v) is 7.89. The van der Waals surface area contributed by atoms with E-state index in [9.17, 15) is 0 Å². The van der Waals surface area contributed by atoms with Crippen molar-refractivity contribution in [3.8, 4) is 0 Å². The summed E-state index contributed by atoms with van der Waals surface area (Å²) in [6.07, 6.45) is 4.02. The van der Waals surface area contributed by atoms with Gasteiger partial charge in [0.2, 0.25) is 0 Å². The van der Waals surface area contributed by atoms with Gasteiger partial charge in [0.25, 0.3) is 0 Å². The molecule has 1 N–H and O–H groups in total. The number of hydrogen-bond donors (Lipinski definition) is 1. The maximum atomic E-state index is 3.74. The lowest BCUT2D eigenvalue weighted by atomic mass is 9.84. The SMILES string of the molecule is CCCN(CC1CCC(C)(C)C1NCC)C(C)C. The van der Waals surface area contributed by atoms with Crippen molar-refractivity contribution >= 4 is 0 Å². The maximum Gasteiger partial charge on any atom is 0.0159 e. The fourth-order valence-electron chi connectivity index (χ4n) is 3.53. The van der Waals surface area contributed by atoms with E-state index in [1.165, 1.54) is 32.4 Å². The molecule has 1 fully saturated rings. The largest absolute Gasteiger partial charge is 0.313 e. The molecule has 2 unspecified atom stereocenters. The van der Waals surface area contributed by atoms with Gasteiger partial charge in [-0.05, 0) is 57.5 Å². The van der Waals surface area contributed by atoms with E-state index in [1.54, 1.807) is 0 Å². The Hall–Kier alpha value is -0.0800. The van der Waals surface area contributed by atoms with Gasteiger partial charge in [0, 0.05) is 18.6 Å². The highest BCUT2D eigenvalue weighted by atomic mass is 15.2. The van der Waals surface area contributed by atoms with E-state index in [1.807, 2.05) is 0 Å². The zero-order valence-corrected chi connectivity index (χ0v) is 13.4. The molecule has 0 radical (unpaired) electrons. The molecule has 0 aromatic heterocycles. The molecule has 0 aromatic rings. The zero-order chi connectivity index (χ0) is 13.8. The highest BCUT2D eigenvalue weighted by Gasteiger charge is 2.41. The predicted molar refractivity (Wildman–Crippen MR) is 81.0 cm³/mol. The Labute approximate surface area is 115 Å². The van der Waals surface area contributed by atoms with Crippen molar-refractivity contribution in [3.05, 3.63) is 0 Å². The van der Waals surface area contributed by atoms with Crippen molar-refractivity contribution in [3.63, 3.8) is 0 Å². The summed E-state index contributed by atoms with van der Waals surface area (Å²) in [7, 11) is 0. The van der Waals surface area contributed by atoms with Gasteiger partial charge in [-0.3, -0.25) is 0 Å². The summed E-state index contributed by atoms with van der Waals surface area (Å²) in [5, 5.41) is 3.74. The van der Waals surface area contributed by atoms with Crippen LogP contribution in [0, 0.1) is 11.3 Å². The van der Waals surface area contributed by atoms with Gasteiger partial charge < -0.3 is 10.2 Å². The topological polar surface area (TPSA) is 15.3 Å². The molecule has 2 nitrogen and oxygen atoms in total. The Morgan fingerprint density at radius 3 is 2.44 bits per heavy atom. The smallest absolute Gasteiger partial charge is 0.0159 e. The van der Waals surface area contributed by atoms with E-state index in [2.05, 4.69) is 51.8 Å². The third-order valence-electron chi connectivity index (χ3n) is 4.61. The van der Waals surface area contributed by atoms with Gasteiger partial charge in [-0.1, -0.05) is 27.7 Å². The predicted octanol–water partition coefficient (Wildman–Crippen LogP) is 3.52. The Balaban J connectivity index is 2.64. The lowest BCUT2D eigenvalue weighted by molar-refractivity contribution is 0.157. The summed E-state index contributed by atoms with van der Waals surface area (Å²) in [5.41, 5.74) is 0.468. The third-order valence-corrected chi connectivity index (χ3v) is 4.61. The standard InChI is InChI=1S/C16H34N2/c1-7-11-18(13(3)4)12-14-9-10-16(5,6)15(14)17-8-2/h13-15,17H,7-12H2,1-6H3. The van der Waals surface area contributed by atoms with Gasteiger partial charge in [-0.2, -0.15) is 0 Å². The number of rotatable bonds is 7. The first-order chi connectivity index (χ1) is 8.42. The summed E-state index contributed by atoms with van der Waals surface area (Å²) in [4.78, 5) is 2.66. The molecule has 0 heterocycles. The lowest BCUT2D eigenvalue weighted by Gasteiger charge is -2.35. The Kier molecular flexibility index (Phi) is 6.13. The van der Waals surface area contributed by atoms with Gasteiger partial charge in [0.05, 0.1) is 0 Å². The van der Waals surface area contributed by atoms with E-state index in [-0.39, 0.29) is 0 Å². The normalized spacial score (nSPS) is 27.3. The van der Waals surface area contributed by atoms with Crippen molar-refractivity contribution in [1.82, 2.24) is 10.2 Å². The van der Waals surface area contributed by atoms with Gasteiger partial charge >= 0.3 is 0 Å². The first-order valence-electron chi connectivity index (χ1n) is 7.89. The highest BCUT2D eigenvalue weighted by molar-refractivity contribution is 4.97. The van der Waals surface area contributed by atoms with Crippen LogP contribution in [0.2, 0.25) is 0 Å². The molecular weight excluding hydrogens is 220 g/mol. The fraction of sp³-hybridized carbons (Fsp3) is 1.00. The molecule has 2 atom stereocenters. The first kappa shape index (κ1) is 16.0. The summed E-state index contributed by atoms with van der Waals surface area (Å²) < 4.78 is 0. The van der Waals surface area contributed by atoms with Crippen LogP contribution < -0.4 is 5.32 Å². The summed E-state index contributed by atoms with van der Waals surface area (Å²) >= 11 is 0. The van der Waals surface area contributed by atoms with E-state index in [4.69, 9.17) is 0 Å². The van der Waals surface area contributed by atoms with Gasteiger partial charge in [0.1, 0.15) is 0 Å². The second kappa shape index (κ2) is 6.91. The molecule has 0 bridgehead atoms. The van der Waals surface area contributed by atoms with E-state index < -0.39 is 0 Å². The lowest BCUT2D eigenvalue weighted by Crippen LogP contribution is -2.47.